The fraction of sp³-hybridized carbons (Fsp3) is 0.190. The number of carboxylic acids is 1. The molecule has 1 fully saturated rings. The van der Waals surface area contributed by atoms with Crippen molar-refractivity contribution in [1.29, 1.82) is 0 Å². The van der Waals surface area contributed by atoms with E-state index >= 15 is 0 Å². The van der Waals surface area contributed by atoms with Crippen molar-refractivity contribution in [2.75, 3.05) is 11.9 Å². The fourth-order valence-corrected chi connectivity index (χ4v) is 2.28. The third-order valence-electron chi connectivity index (χ3n) is 3.83. The Kier molecular flexibility index (Phi) is 4.98. The maximum atomic E-state index is 10.5. The molecule has 24 heavy (non-hydrogen) atoms. The highest BCUT2D eigenvalue weighted by molar-refractivity contribution is 5.85. The Balaban J connectivity index is 1.65. The molecule has 0 atom stereocenters. The third-order valence-corrected chi connectivity index (χ3v) is 3.83. The summed E-state index contributed by atoms with van der Waals surface area (Å²) >= 11 is 0. The molecule has 3 nitrogen and oxygen atoms in total. The maximum absolute atomic E-state index is 10.5. The van der Waals surface area contributed by atoms with Crippen LogP contribution in [0.15, 0.2) is 54.6 Å². The average molecular weight is 317 g/mol. The molecule has 1 aliphatic rings. The van der Waals surface area contributed by atoms with Gasteiger partial charge >= 0.3 is 5.97 Å². The predicted octanol–water partition coefficient (Wildman–Crippen LogP) is 4.01. The number of carbonyl (C=O) groups is 1. The van der Waals surface area contributed by atoms with Gasteiger partial charge in [-0.05, 0) is 60.7 Å². The number of hydrogen-bond acceptors (Lipinski definition) is 2. The summed E-state index contributed by atoms with van der Waals surface area (Å²) in [5, 5.41) is 12.1. The molecule has 0 radical (unpaired) electrons. The minimum atomic E-state index is -0.950. The monoisotopic (exact) mass is 317 g/mol. The van der Waals surface area contributed by atoms with Gasteiger partial charge in [0.05, 0.1) is 0 Å². The molecule has 1 saturated carbocycles. The molecule has 0 amide bonds. The summed E-state index contributed by atoms with van der Waals surface area (Å²) in [7, 11) is 0. The van der Waals surface area contributed by atoms with E-state index in [-0.39, 0.29) is 0 Å². The summed E-state index contributed by atoms with van der Waals surface area (Å²) in [6.07, 6.45) is 5.36. The van der Waals surface area contributed by atoms with Crippen LogP contribution in [-0.4, -0.2) is 17.6 Å². The normalized spacial score (nSPS) is 13.3. The van der Waals surface area contributed by atoms with Crippen LogP contribution in [0.3, 0.4) is 0 Å². The number of benzene rings is 2. The Morgan fingerprint density at radius 2 is 1.88 bits per heavy atom. The molecule has 0 spiro atoms. The largest absolute Gasteiger partial charge is 0.478 e. The van der Waals surface area contributed by atoms with Gasteiger partial charge in [0.2, 0.25) is 0 Å². The minimum absolute atomic E-state index is 0.841. The van der Waals surface area contributed by atoms with Gasteiger partial charge in [-0.25, -0.2) is 4.79 Å². The zero-order chi connectivity index (χ0) is 16.8. The lowest BCUT2D eigenvalue weighted by Crippen LogP contribution is -2.02. The van der Waals surface area contributed by atoms with Crippen LogP contribution in [0.1, 0.15) is 29.5 Å². The molecular formula is C21H19NO2. The van der Waals surface area contributed by atoms with E-state index in [1.807, 2.05) is 36.4 Å². The topological polar surface area (TPSA) is 49.3 Å². The molecule has 3 heteroatoms. The highest BCUT2D eigenvalue weighted by Crippen LogP contribution is 2.28. The number of aliphatic carboxylic acids is 1. The molecule has 2 aromatic rings. The van der Waals surface area contributed by atoms with Gasteiger partial charge in [0, 0.05) is 29.4 Å². The molecule has 120 valence electrons. The molecule has 3 rings (SSSR count). The van der Waals surface area contributed by atoms with Gasteiger partial charge in [-0.1, -0.05) is 30.0 Å². The van der Waals surface area contributed by atoms with Crippen molar-refractivity contribution in [3.05, 3.63) is 71.3 Å². The number of hydrogen-bond donors (Lipinski definition) is 2. The Morgan fingerprint density at radius 3 is 2.58 bits per heavy atom. The molecule has 1 aliphatic carbocycles. The van der Waals surface area contributed by atoms with Crippen molar-refractivity contribution < 1.29 is 9.90 Å². The Bertz CT molecular complexity index is 806. The van der Waals surface area contributed by atoms with Gasteiger partial charge in [-0.2, -0.15) is 0 Å². The van der Waals surface area contributed by atoms with E-state index in [4.69, 9.17) is 5.11 Å². The van der Waals surface area contributed by atoms with Gasteiger partial charge in [0.15, 0.2) is 0 Å². The summed E-state index contributed by atoms with van der Waals surface area (Å²) in [6, 6.07) is 15.6. The highest BCUT2D eigenvalue weighted by Gasteiger charge is 2.20. The standard InChI is InChI=1S/C21H19NO2/c23-21(24)13-12-17-6-4-16(5-7-17)8-9-18-2-1-3-20(14-18)22-15-19-10-11-19/h1-7,12-14,19,22H,10-11,15H2,(H,23,24)/b13-12+. The Labute approximate surface area is 142 Å². The van der Waals surface area contributed by atoms with E-state index < -0.39 is 5.97 Å². The first-order valence-electron chi connectivity index (χ1n) is 8.06. The highest BCUT2D eigenvalue weighted by atomic mass is 16.4. The molecule has 0 bridgehead atoms. The van der Waals surface area contributed by atoms with Crippen LogP contribution in [0.2, 0.25) is 0 Å². The SMILES string of the molecule is O=C(O)/C=C/c1ccc(C#Cc2cccc(NCC3CC3)c2)cc1. The Morgan fingerprint density at radius 1 is 1.12 bits per heavy atom. The molecule has 0 aromatic heterocycles. The molecule has 0 aliphatic heterocycles. The summed E-state index contributed by atoms with van der Waals surface area (Å²) in [5.74, 6) is 6.20. The van der Waals surface area contributed by atoms with Crippen LogP contribution >= 0.6 is 0 Å². The van der Waals surface area contributed by atoms with E-state index in [2.05, 4.69) is 29.3 Å². The first-order chi connectivity index (χ1) is 11.7. The van der Waals surface area contributed by atoms with Crippen molar-refractivity contribution in [2.24, 2.45) is 5.92 Å². The first kappa shape index (κ1) is 15.9. The van der Waals surface area contributed by atoms with Crippen molar-refractivity contribution in [3.8, 4) is 11.8 Å². The minimum Gasteiger partial charge on any atom is -0.478 e. The Hall–Kier alpha value is -2.99. The van der Waals surface area contributed by atoms with Crippen LogP contribution in [0, 0.1) is 17.8 Å². The van der Waals surface area contributed by atoms with Gasteiger partial charge in [0.1, 0.15) is 0 Å². The van der Waals surface area contributed by atoms with E-state index in [9.17, 15) is 4.79 Å². The number of nitrogens with one attached hydrogen (secondary N) is 1. The molecule has 0 saturated heterocycles. The van der Waals surface area contributed by atoms with E-state index in [0.717, 1.165) is 40.9 Å². The lowest BCUT2D eigenvalue weighted by atomic mass is 10.1. The van der Waals surface area contributed by atoms with Gasteiger partial charge in [-0.15, -0.1) is 0 Å². The molecule has 0 heterocycles. The van der Waals surface area contributed by atoms with E-state index in [0.29, 0.717) is 0 Å². The van der Waals surface area contributed by atoms with Gasteiger partial charge in [-0.3, -0.25) is 0 Å². The first-order valence-corrected chi connectivity index (χ1v) is 8.06. The zero-order valence-corrected chi connectivity index (χ0v) is 13.3. The molecule has 0 unspecified atom stereocenters. The van der Waals surface area contributed by atoms with E-state index in [1.54, 1.807) is 6.08 Å². The lowest BCUT2D eigenvalue weighted by molar-refractivity contribution is -0.131. The van der Waals surface area contributed by atoms with Gasteiger partial charge < -0.3 is 10.4 Å². The van der Waals surface area contributed by atoms with Crippen molar-refractivity contribution in [3.63, 3.8) is 0 Å². The van der Waals surface area contributed by atoms with Crippen LogP contribution < -0.4 is 5.32 Å². The van der Waals surface area contributed by atoms with Crippen molar-refractivity contribution in [1.82, 2.24) is 0 Å². The predicted molar refractivity (Wildman–Crippen MR) is 96.7 cm³/mol. The second-order valence-corrected chi connectivity index (χ2v) is 5.95. The molecular weight excluding hydrogens is 298 g/mol. The number of rotatable bonds is 5. The van der Waals surface area contributed by atoms with Crippen molar-refractivity contribution >= 4 is 17.7 Å². The van der Waals surface area contributed by atoms with Crippen LogP contribution in [0.4, 0.5) is 5.69 Å². The maximum Gasteiger partial charge on any atom is 0.328 e. The van der Waals surface area contributed by atoms with Crippen LogP contribution in [-0.2, 0) is 4.79 Å². The van der Waals surface area contributed by atoms with Crippen LogP contribution in [0.25, 0.3) is 6.08 Å². The average Bonchev–Trinajstić information content (AvgIpc) is 3.42. The third kappa shape index (κ3) is 5.03. The number of anilines is 1. The van der Waals surface area contributed by atoms with Crippen molar-refractivity contribution in [2.45, 2.75) is 12.8 Å². The molecule has 2 N–H and O–H groups in total. The summed E-state index contributed by atoms with van der Waals surface area (Å²) < 4.78 is 0. The quantitative estimate of drug-likeness (QED) is 0.647. The zero-order valence-electron chi connectivity index (χ0n) is 13.3. The summed E-state index contributed by atoms with van der Waals surface area (Å²) in [6.45, 7) is 1.04. The second kappa shape index (κ2) is 7.52. The van der Waals surface area contributed by atoms with Gasteiger partial charge in [0.25, 0.3) is 0 Å². The number of carboxylic acid groups (broad SMARTS) is 1. The summed E-state index contributed by atoms with van der Waals surface area (Å²) in [5.41, 5.74) is 3.83. The fourth-order valence-electron chi connectivity index (χ4n) is 2.28. The second-order valence-electron chi connectivity index (χ2n) is 5.95. The molecule has 2 aromatic carbocycles. The smallest absolute Gasteiger partial charge is 0.328 e. The summed E-state index contributed by atoms with van der Waals surface area (Å²) in [4.78, 5) is 10.5. The lowest BCUT2D eigenvalue weighted by Gasteiger charge is -2.05. The van der Waals surface area contributed by atoms with Crippen LogP contribution in [0.5, 0.6) is 0 Å². The van der Waals surface area contributed by atoms with E-state index in [1.165, 1.54) is 12.8 Å².